The molecule has 0 aliphatic rings. The third kappa shape index (κ3) is 6.60. The number of nitrogens with two attached hydrogens (primary N) is 2. The number of ether oxygens (including phenoxy) is 2. The van der Waals surface area contributed by atoms with Crippen molar-refractivity contribution in [3.8, 4) is 0 Å². The molecule has 0 radical (unpaired) electrons. The molecule has 5 N–H and O–H groups in total. The van der Waals surface area contributed by atoms with Gasteiger partial charge in [0.1, 0.15) is 0 Å². The van der Waals surface area contributed by atoms with E-state index < -0.39 is 5.97 Å². The van der Waals surface area contributed by atoms with E-state index in [1.165, 1.54) is 14.2 Å². The molecule has 0 saturated heterocycles. The molecule has 11 heteroatoms. The number of nitrogens with one attached hydrogen (secondary N) is 1. The number of hydrogen-bond donors (Lipinski definition) is 3. The molecule has 0 aliphatic carbocycles. The van der Waals surface area contributed by atoms with Crippen molar-refractivity contribution in [1.82, 2.24) is 15.0 Å². The number of rotatable bonds is 4. The lowest BCUT2D eigenvalue weighted by atomic mass is 10.2. The highest BCUT2D eigenvalue weighted by molar-refractivity contribution is 6.28. The van der Waals surface area contributed by atoms with Gasteiger partial charge >= 0.3 is 11.9 Å². The average molecular weight is 431 g/mol. The van der Waals surface area contributed by atoms with Crippen molar-refractivity contribution in [2.45, 2.75) is 0 Å². The zero-order valence-corrected chi connectivity index (χ0v) is 16.9. The maximum absolute atomic E-state index is 11.4. The van der Waals surface area contributed by atoms with Crippen molar-refractivity contribution in [3.63, 3.8) is 0 Å². The lowest BCUT2D eigenvalue weighted by Gasteiger charge is -2.06. The third-order valence-corrected chi connectivity index (χ3v) is 3.64. The van der Waals surface area contributed by atoms with Crippen LogP contribution in [0.4, 0.5) is 23.3 Å². The fourth-order valence-corrected chi connectivity index (χ4v) is 2.34. The first-order valence-electron chi connectivity index (χ1n) is 8.38. The van der Waals surface area contributed by atoms with E-state index in [0.29, 0.717) is 22.5 Å². The molecule has 0 saturated carbocycles. The van der Waals surface area contributed by atoms with E-state index in [1.54, 1.807) is 48.5 Å². The van der Waals surface area contributed by atoms with Crippen LogP contribution in [-0.4, -0.2) is 41.1 Å². The van der Waals surface area contributed by atoms with Crippen LogP contribution in [0.25, 0.3) is 0 Å². The number of anilines is 4. The van der Waals surface area contributed by atoms with Gasteiger partial charge in [-0.3, -0.25) is 0 Å². The molecule has 1 aromatic heterocycles. The zero-order valence-electron chi connectivity index (χ0n) is 16.1. The SMILES string of the molecule is COC(=O)c1cccc(N)c1.COC(=O)c1cccc(Nc2nc(N)nc(Cl)n2)c1. The number of halogens is 1. The number of nitrogens with zero attached hydrogens (tertiary/aromatic N) is 3. The Morgan fingerprint density at radius 2 is 1.50 bits per heavy atom. The highest BCUT2D eigenvalue weighted by atomic mass is 35.5. The van der Waals surface area contributed by atoms with Crippen LogP contribution in [0, 0.1) is 0 Å². The van der Waals surface area contributed by atoms with Crippen LogP contribution in [0.1, 0.15) is 20.7 Å². The quantitative estimate of drug-likeness (QED) is 0.415. The van der Waals surface area contributed by atoms with Crippen molar-refractivity contribution in [2.75, 3.05) is 31.0 Å². The fourth-order valence-electron chi connectivity index (χ4n) is 2.18. The largest absolute Gasteiger partial charge is 0.465 e. The molecule has 2 aromatic carbocycles. The third-order valence-electron chi connectivity index (χ3n) is 3.47. The Bertz CT molecular complexity index is 1030. The van der Waals surface area contributed by atoms with E-state index in [-0.39, 0.29) is 23.1 Å². The van der Waals surface area contributed by atoms with Crippen LogP contribution in [0.15, 0.2) is 48.5 Å². The molecule has 0 aliphatic heterocycles. The summed E-state index contributed by atoms with van der Waals surface area (Å²) >= 11 is 5.66. The van der Waals surface area contributed by atoms with Crippen molar-refractivity contribution < 1.29 is 19.1 Å². The van der Waals surface area contributed by atoms with Crippen molar-refractivity contribution >= 4 is 46.8 Å². The predicted octanol–water partition coefficient (Wildman–Crippen LogP) is 2.69. The van der Waals surface area contributed by atoms with Gasteiger partial charge in [-0.1, -0.05) is 12.1 Å². The number of esters is 2. The number of aromatic nitrogens is 3. The first-order chi connectivity index (χ1) is 14.3. The molecule has 10 nitrogen and oxygen atoms in total. The van der Waals surface area contributed by atoms with E-state index >= 15 is 0 Å². The van der Waals surface area contributed by atoms with Crippen LogP contribution in [0.3, 0.4) is 0 Å². The van der Waals surface area contributed by atoms with Gasteiger partial charge in [-0.15, -0.1) is 0 Å². The van der Waals surface area contributed by atoms with E-state index in [0.717, 1.165) is 0 Å². The Morgan fingerprint density at radius 1 is 0.900 bits per heavy atom. The Balaban J connectivity index is 0.000000248. The lowest BCUT2D eigenvalue weighted by Crippen LogP contribution is -2.05. The molecular weight excluding hydrogens is 412 g/mol. The van der Waals surface area contributed by atoms with E-state index in [4.69, 9.17) is 23.1 Å². The number of hydrogen-bond acceptors (Lipinski definition) is 10. The van der Waals surface area contributed by atoms with Gasteiger partial charge in [-0.05, 0) is 48.0 Å². The second kappa shape index (κ2) is 10.6. The minimum absolute atomic E-state index is 0.00613. The fraction of sp³-hybridized carbons (Fsp3) is 0.105. The molecule has 156 valence electrons. The molecule has 0 atom stereocenters. The van der Waals surface area contributed by atoms with Gasteiger partial charge in [0.2, 0.25) is 17.2 Å². The number of carbonyl (C=O) groups is 2. The maximum Gasteiger partial charge on any atom is 0.337 e. The number of benzene rings is 2. The highest BCUT2D eigenvalue weighted by Crippen LogP contribution is 2.17. The minimum Gasteiger partial charge on any atom is -0.465 e. The van der Waals surface area contributed by atoms with Crippen LogP contribution in [-0.2, 0) is 9.47 Å². The van der Waals surface area contributed by atoms with Gasteiger partial charge < -0.3 is 26.3 Å². The smallest absolute Gasteiger partial charge is 0.337 e. The summed E-state index contributed by atoms with van der Waals surface area (Å²) < 4.78 is 9.13. The lowest BCUT2D eigenvalue weighted by molar-refractivity contribution is 0.0592. The van der Waals surface area contributed by atoms with Crippen LogP contribution in [0.2, 0.25) is 5.28 Å². The monoisotopic (exact) mass is 430 g/mol. The summed E-state index contributed by atoms with van der Waals surface area (Å²) in [6, 6.07) is 13.3. The van der Waals surface area contributed by atoms with Gasteiger partial charge in [0.25, 0.3) is 0 Å². The zero-order chi connectivity index (χ0) is 22.1. The van der Waals surface area contributed by atoms with Crippen LogP contribution < -0.4 is 16.8 Å². The van der Waals surface area contributed by atoms with Gasteiger partial charge in [-0.2, -0.15) is 15.0 Å². The summed E-state index contributed by atoms with van der Waals surface area (Å²) in [6.07, 6.45) is 0. The summed E-state index contributed by atoms with van der Waals surface area (Å²) in [7, 11) is 2.65. The normalized spacial score (nSPS) is 9.70. The standard InChI is InChI=1S/C11H10ClN5O2.C8H9NO2/c1-19-8(18)6-3-2-4-7(5-6)14-11-16-9(12)15-10(13)17-11;1-11-8(10)6-3-2-4-7(9)5-6/h2-5H,1H3,(H3,13,14,15,16,17);2-5H,9H2,1H3. The van der Waals surface area contributed by atoms with E-state index in [2.05, 4.69) is 29.7 Å². The Labute approximate surface area is 177 Å². The predicted molar refractivity (Wildman–Crippen MR) is 113 cm³/mol. The van der Waals surface area contributed by atoms with Crippen LogP contribution >= 0.6 is 11.6 Å². The van der Waals surface area contributed by atoms with Crippen LogP contribution in [0.5, 0.6) is 0 Å². The van der Waals surface area contributed by atoms with Gasteiger partial charge in [0.15, 0.2) is 0 Å². The molecule has 0 unspecified atom stereocenters. The first-order valence-corrected chi connectivity index (χ1v) is 8.76. The molecule has 0 bridgehead atoms. The van der Waals surface area contributed by atoms with E-state index in [9.17, 15) is 9.59 Å². The molecule has 0 spiro atoms. The summed E-state index contributed by atoms with van der Waals surface area (Å²) in [5.41, 5.74) is 12.9. The molecule has 1 heterocycles. The van der Waals surface area contributed by atoms with Crippen molar-refractivity contribution in [3.05, 3.63) is 64.9 Å². The molecule has 30 heavy (non-hydrogen) atoms. The van der Waals surface area contributed by atoms with Gasteiger partial charge in [0, 0.05) is 11.4 Å². The highest BCUT2D eigenvalue weighted by Gasteiger charge is 2.07. The van der Waals surface area contributed by atoms with E-state index in [1.807, 2.05) is 0 Å². The van der Waals surface area contributed by atoms with Gasteiger partial charge in [-0.25, -0.2) is 9.59 Å². The molecule has 3 aromatic rings. The summed E-state index contributed by atoms with van der Waals surface area (Å²) in [5.74, 6) is -0.597. The Hall–Kier alpha value is -3.92. The number of carbonyl (C=O) groups excluding carboxylic acids is 2. The molecule has 3 rings (SSSR count). The van der Waals surface area contributed by atoms with Crippen molar-refractivity contribution in [2.24, 2.45) is 0 Å². The number of methoxy groups -OCH3 is 2. The minimum atomic E-state index is -0.433. The summed E-state index contributed by atoms with van der Waals surface area (Å²) in [5, 5.41) is 2.86. The van der Waals surface area contributed by atoms with Crippen molar-refractivity contribution in [1.29, 1.82) is 0 Å². The molecule has 0 amide bonds. The maximum atomic E-state index is 11.4. The second-order valence-corrected chi connectivity index (χ2v) is 5.94. The second-order valence-electron chi connectivity index (χ2n) is 5.60. The number of nitrogen functional groups attached to an aromatic ring is 2. The topological polar surface area (TPSA) is 155 Å². The Kier molecular flexibility index (Phi) is 7.89. The average Bonchev–Trinajstić information content (AvgIpc) is 2.72. The molecular formula is C19H19ClN6O4. The molecule has 0 fully saturated rings. The summed E-state index contributed by atoms with van der Waals surface area (Å²) in [4.78, 5) is 33.7. The van der Waals surface area contributed by atoms with Gasteiger partial charge in [0.05, 0.1) is 25.3 Å². The Morgan fingerprint density at radius 3 is 2.07 bits per heavy atom. The first kappa shape index (κ1) is 22.4. The summed E-state index contributed by atoms with van der Waals surface area (Å²) in [6.45, 7) is 0.